The molecular formula is C28H26NaO12P. The van der Waals surface area contributed by atoms with E-state index in [-0.39, 0.29) is 84.7 Å². The van der Waals surface area contributed by atoms with Crippen molar-refractivity contribution >= 4 is 33.8 Å². The number of aromatic carboxylic acids is 4. The predicted octanol–water partition coefficient (Wildman–Crippen LogP) is 0.0890. The summed E-state index contributed by atoms with van der Waals surface area (Å²) < 4.78 is 0. The smallest absolute Gasteiger partial charge is 0.545 e. The number of benzene rings is 4. The summed E-state index contributed by atoms with van der Waals surface area (Å²) in [5.41, 5.74) is -0.380. The average Bonchev–Trinajstić information content (AvgIpc) is 2.90. The molecule has 1 atom stereocenters. The number of phenols is 4. The van der Waals surface area contributed by atoms with Crippen LogP contribution in [0.2, 0.25) is 0 Å². The van der Waals surface area contributed by atoms with Crippen molar-refractivity contribution in [3.8, 4) is 23.0 Å². The van der Waals surface area contributed by atoms with Gasteiger partial charge in [0.25, 0.3) is 0 Å². The first-order chi connectivity index (χ1) is 18.9. The van der Waals surface area contributed by atoms with Crippen LogP contribution >= 0.6 is 9.90 Å². The standard InChI is InChI=1S/4C7H6O3.Na.H3P/c4*8-6-4-2-1-3-5(6)7(9)10;;/h4*1-4,8H,(H,9,10);;1H3/q;;;;+1;/p-1. The summed E-state index contributed by atoms with van der Waals surface area (Å²) >= 11 is 0. The van der Waals surface area contributed by atoms with Gasteiger partial charge < -0.3 is 45.6 Å². The van der Waals surface area contributed by atoms with Gasteiger partial charge in [-0.05, 0) is 48.5 Å². The minimum atomic E-state index is -1.36. The summed E-state index contributed by atoms with van der Waals surface area (Å²) in [6.07, 6.45) is 0. The Morgan fingerprint density at radius 3 is 0.738 bits per heavy atom. The Balaban J connectivity index is 0. The summed E-state index contributed by atoms with van der Waals surface area (Å²) in [7, 11) is 0. The molecule has 0 radical (unpaired) electrons. The number of hydrogen-bond donors (Lipinski definition) is 7. The number of carboxylic acids is 4. The summed E-state index contributed by atoms with van der Waals surface area (Å²) in [6, 6.07) is 23.1. The summed E-state index contributed by atoms with van der Waals surface area (Å²) in [6.45, 7) is 0. The first kappa shape index (κ1) is 39.5. The van der Waals surface area contributed by atoms with Crippen LogP contribution < -0.4 is 34.7 Å². The van der Waals surface area contributed by atoms with Crippen molar-refractivity contribution in [2.24, 2.45) is 0 Å². The number of carboxylic acid groups (broad SMARTS) is 4. The molecule has 4 aromatic carbocycles. The van der Waals surface area contributed by atoms with Gasteiger partial charge in [-0.25, -0.2) is 14.4 Å². The molecule has 14 heteroatoms. The summed E-state index contributed by atoms with van der Waals surface area (Å²) in [5.74, 6) is -5.56. The maximum absolute atomic E-state index is 10.3. The zero-order valence-electron chi connectivity index (χ0n) is 22.1. The van der Waals surface area contributed by atoms with Crippen LogP contribution in [0.1, 0.15) is 41.4 Å². The fraction of sp³-hybridized carbons (Fsp3) is 0. The first-order valence-electron chi connectivity index (χ1n) is 10.9. The third-order valence-electron chi connectivity index (χ3n) is 4.53. The van der Waals surface area contributed by atoms with Gasteiger partial charge in [0.1, 0.15) is 39.7 Å². The molecule has 0 aliphatic carbocycles. The molecule has 216 valence electrons. The van der Waals surface area contributed by atoms with Gasteiger partial charge in [0.2, 0.25) is 0 Å². The number of carbonyl (C=O) groups is 4. The molecule has 12 nitrogen and oxygen atoms in total. The van der Waals surface area contributed by atoms with Gasteiger partial charge in [-0.2, -0.15) is 9.90 Å². The Morgan fingerprint density at radius 2 is 0.619 bits per heavy atom. The fourth-order valence-corrected chi connectivity index (χ4v) is 2.61. The van der Waals surface area contributed by atoms with E-state index < -0.39 is 23.9 Å². The Kier molecular flexibility index (Phi) is 19.1. The minimum Gasteiger partial charge on any atom is -0.545 e. The quantitative estimate of drug-likeness (QED) is 0.121. The van der Waals surface area contributed by atoms with Crippen molar-refractivity contribution in [3.63, 3.8) is 0 Å². The van der Waals surface area contributed by atoms with Gasteiger partial charge in [0.05, 0.1) is 5.97 Å². The number of aromatic hydroxyl groups is 4. The zero-order chi connectivity index (χ0) is 30.2. The Labute approximate surface area is 264 Å². The SMILES string of the molecule is O=C(O)c1ccccc1O.O=C(O)c1ccccc1O.O=C(O)c1ccccc1O.O=C([O-])c1ccccc1O.P.[Na+]. The van der Waals surface area contributed by atoms with Crippen molar-refractivity contribution in [2.45, 2.75) is 0 Å². The van der Waals surface area contributed by atoms with Crippen LogP contribution in [-0.2, 0) is 0 Å². The van der Waals surface area contributed by atoms with Gasteiger partial charge in [-0.1, -0.05) is 48.5 Å². The topological polar surface area (TPSA) is 233 Å². The molecular weight excluding hydrogens is 582 g/mol. The Hall–Kier alpha value is -4.61. The third kappa shape index (κ3) is 13.6. The van der Waals surface area contributed by atoms with Crippen molar-refractivity contribution < 1.29 is 89.6 Å². The number of carbonyl (C=O) groups excluding carboxylic acids is 1. The van der Waals surface area contributed by atoms with Crippen molar-refractivity contribution in [1.29, 1.82) is 0 Å². The zero-order valence-corrected chi connectivity index (χ0v) is 25.5. The monoisotopic (exact) mass is 608 g/mol. The fourth-order valence-electron chi connectivity index (χ4n) is 2.61. The number of para-hydroxylation sites is 4. The van der Waals surface area contributed by atoms with E-state index >= 15 is 0 Å². The van der Waals surface area contributed by atoms with E-state index in [1.165, 1.54) is 54.6 Å². The van der Waals surface area contributed by atoms with Crippen molar-refractivity contribution in [2.75, 3.05) is 0 Å². The molecule has 0 amide bonds. The number of rotatable bonds is 4. The second-order valence-electron chi connectivity index (χ2n) is 7.27. The Bertz CT molecular complexity index is 1250. The van der Waals surface area contributed by atoms with E-state index in [0.717, 1.165) is 0 Å². The van der Waals surface area contributed by atoms with Crippen LogP contribution in [0.25, 0.3) is 0 Å². The van der Waals surface area contributed by atoms with Crippen LogP contribution in [0.5, 0.6) is 23.0 Å². The maximum Gasteiger partial charge on any atom is 1.00 e. The van der Waals surface area contributed by atoms with Crippen LogP contribution in [0.3, 0.4) is 0 Å². The molecule has 0 bridgehead atoms. The second-order valence-corrected chi connectivity index (χ2v) is 7.27. The van der Waals surface area contributed by atoms with E-state index in [0.29, 0.717) is 0 Å². The molecule has 0 fully saturated rings. The van der Waals surface area contributed by atoms with Gasteiger partial charge in [0.15, 0.2) is 0 Å². The molecule has 42 heavy (non-hydrogen) atoms. The van der Waals surface area contributed by atoms with Crippen LogP contribution in [0, 0.1) is 0 Å². The van der Waals surface area contributed by atoms with Crippen LogP contribution in [0.15, 0.2) is 97.1 Å². The van der Waals surface area contributed by atoms with E-state index in [9.17, 15) is 24.3 Å². The second kappa shape index (κ2) is 20.3. The van der Waals surface area contributed by atoms with Crippen molar-refractivity contribution in [1.82, 2.24) is 0 Å². The van der Waals surface area contributed by atoms with E-state index in [1.54, 1.807) is 42.5 Å². The molecule has 4 rings (SSSR count). The molecule has 1 unspecified atom stereocenters. The molecule has 0 spiro atoms. The molecule has 0 aliphatic heterocycles. The first-order valence-corrected chi connectivity index (χ1v) is 10.9. The molecule has 4 aromatic rings. The van der Waals surface area contributed by atoms with Gasteiger partial charge in [-0.3, -0.25) is 0 Å². The van der Waals surface area contributed by atoms with Gasteiger partial charge >= 0.3 is 47.5 Å². The normalized spacial score (nSPS) is 8.76. The minimum absolute atomic E-state index is 0. The van der Waals surface area contributed by atoms with Gasteiger partial charge in [-0.15, -0.1) is 0 Å². The van der Waals surface area contributed by atoms with Crippen molar-refractivity contribution in [3.05, 3.63) is 119 Å². The molecule has 0 saturated carbocycles. The number of hydrogen-bond acceptors (Lipinski definition) is 9. The van der Waals surface area contributed by atoms with E-state index in [4.69, 9.17) is 35.7 Å². The molecule has 7 N–H and O–H groups in total. The molecule has 0 aliphatic rings. The Morgan fingerprint density at radius 1 is 0.429 bits per heavy atom. The maximum atomic E-state index is 10.3. The van der Waals surface area contributed by atoms with Crippen LogP contribution in [-0.4, -0.2) is 59.6 Å². The molecule has 0 aromatic heterocycles. The summed E-state index contributed by atoms with van der Waals surface area (Å²) in [4.78, 5) is 40.9. The molecule has 0 heterocycles. The summed E-state index contributed by atoms with van der Waals surface area (Å²) in [5, 5.41) is 70.9. The predicted molar refractivity (Wildman–Crippen MR) is 149 cm³/mol. The third-order valence-corrected chi connectivity index (χ3v) is 4.53. The van der Waals surface area contributed by atoms with Crippen LogP contribution in [0.4, 0.5) is 0 Å². The van der Waals surface area contributed by atoms with E-state index in [2.05, 4.69) is 0 Å². The van der Waals surface area contributed by atoms with E-state index in [1.807, 2.05) is 0 Å². The van der Waals surface area contributed by atoms with Gasteiger partial charge in [0, 0.05) is 5.56 Å². The average molecular weight is 608 g/mol. The molecule has 0 saturated heterocycles. The largest absolute Gasteiger partial charge is 1.00 e.